The van der Waals surface area contributed by atoms with Gasteiger partial charge in [-0.15, -0.1) is 0 Å². The minimum Gasteiger partial charge on any atom is -0.489 e. The molecular weight excluding hydrogens is 362 g/mol. The number of benzene rings is 2. The first-order valence-electron chi connectivity index (χ1n) is 8.67. The van der Waals surface area contributed by atoms with Crippen LogP contribution < -0.4 is 10.1 Å². The second-order valence-corrected chi connectivity index (χ2v) is 6.87. The van der Waals surface area contributed by atoms with Crippen molar-refractivity contribution < 1.29 is 9.53 Å². The minimum atomic E-state index is -0.112. The van der Waals surface area contributed by atoms with E-state index in [9.17, 15) is 4.79 Å². The van der Waals surface area contributed by atoms with Crippen LogP contribution in [0.3, 0.4) is 0 Å². The van der Waals surface area contributed by atoms with Crippen LogP contribution in [0, 0.1) is 13.8 Å². The molecular formula is C21H22ClN3O2. The van der Waals surface area contributed by atoms with Crippen LogP contribution in [-0.2, 0) is 20.2 Å². The summed E-state index contributed by atoms with van der Waals surface area (Å²) in [6.07, 6.45) is 1.77. The molecule has 0 fully saturated rings. The molecule has 0 saturated heterocycles. The molecule has 5 nitrogen and oxygen atoms in total. The lowest BCUT2D eigenvalue weighted by atomic mass is 10.1. The van der Waals surface area contributed by atoms with Crippen molar-refractivity contribution in [1.29, 1.82) is 0 Å². The number of amides is 1. The summed E-state index contributed by atoms with van der Waals surface area (Å²) in [5.41, 5.74) is 4.63. The van der Waals surface area contributed by atoms with Gasteiger partial charge in [-0.25, -0.2) is 0 Å². The summed E-state index contributed by atoms with van der Waals surface area (Å²) >= 11 is 6.02. The second kappa shape index (κ2) is 8.27. The van der Waals surface area contributed by atoms with Crippen LogP contribution in [-0.4, -0.2) is 15.7 Å². The number of hydrogen-bond acceptors (Lipinski definition) is 3. The molecule has 0 unspecified atom stereocenters. The highest BCUT2D eigenvalue weighted by molar-refractivity contribution is 6.31. The van der Waals surface area contributed by atoms with Crippen LogP contribution in [0.4, 0.5) is 0 Å². The van der Waals surface area contributed by atoms with Crippen molar-refractivity contribution in [1.82, 2.24) is 15.1 Å². The largest absolute Gasteiger partial charge is 0.489 e. The van der Waals surface area contributed by atoms with E-state index in [0.717, 1.165) is 33.2 Å². The van der Waals surface area contributed by atoms with Gasteiger partial charge in [0.15, 0.2) is 0 Å². The Morgan fingerprint density at radius 2 is 1.93 bits per heavy atom. The van der Waals surface area contributed by atoms with E-state index in [-0.39, 0.29) is 5.91 Å². The molecule has 0 atom stereocenters. The molecule has 27 heavy (non-hydrogen) atoms. The Labute approximate surface area is 163 Å². The molecule has 1 aromatic heterocycles. The number of ether oxygens (including phenoxy) is 1. The molecule has 1 N–H and O–H groups in total. The molecule has 1 amide bonds. The average Bonchev–Trinajstić information content (AvgIpc) is 2.99. The lowest BCUT2D eigenvalue weighted by Crippen LogP contribution is -2.23. The highest BCUT2D eigenvalue weighted by Gasteiger charge is 2.08. The first-order valence-corrected chi connectivity index (χ1v) is 9.05. The Balaban J connectivity index is 1.55. The van der Waals surface area contributed by atoms with E-state index in [1.54, 1.807) is 23.0 Å². The lowest BCUT2D eigenvalue weighted by Gasteiger charge is -2.09. The number of carbonyl (C=O) groups is 1. The predicted molar refractivity (Wildman–Crippen MR) is 106 cm³/mol. The predicted octanol–water partition coefficient (Wildman–Crippen LogP) is 4.20. The number of halogens is 1. The zero-order valence-electron chi connectivity index (χ0n) is 15.6. The smallest absolute Gasteiger partial charge is 0.251 e. The van der Waals surface area contributed by atoms with Crippen molar-refractivity contribution in [3.05, 3.63) is 81.6 Å². The summed E-state index contributed by atoms with van der Waals surface area (Å²) in [5, 5.41) is 7.82. The first-order chi connectivity index (χ1) is 12.9. The number of nitrogens with one attached hydrogen (secondary N) is 1. The van der Waals surface area contributed by atoms with E-state index in [2.05, 4.69) is 10.4 Å². The monoisotopic (exact) mass is 383 g/mol. The van der Waals surface area contributed by atoms with E-state index in [1.807, 2.05) is 51.2 Å². The van der Waals surface area contributed by atoms with Gasteiger partial charge in [-0.1, -0.05) is 23.7 Å². The van der Waals surface area contributed by atoms with Gasteiger partial charge in [0.25, 0.3) is 5.91 Å². The molecule has 6 heteroatoms. The molecule has 0 radical (unpaired) electrons. The molecule has 0 bridgehead atoms. The number of rotatable bonds is 6. The number of aryl methyl sites for hydroxylation is 2. The quantitative estimate of drug-likeness (QED) is 0.694. The number of carbonyl (C=O) groups excluding carboxylic acids is 1. The molecule has 0 aliphatic heterocycles. The van der Waals surface area contributed by atoms with Crippen LogP contribution >= 0.6 is 11.6 Å². The normalized spacial score (nSPS) is 10.7. The summed E-state index contributed by atoms with van der Waals surface area (Å²) in [5.74, 6) is 0.657. The number of aromatic nitrogens is 2. The van der Waals surface area contributed by atoms with Gasteiger partial charge in [0.05, 0.1) is 6.20 Å². The van der Waals surface area contributed by atoms with Crippen molar-refractivity contribution in [3.63, 3.8) is 0 Å². The highest BCUT2D eigenvalue weighted by Crippen LogP contribution is 2.22. The summed E-state index contributed by atoms with van der Waals surface area (Å²) in [6, 6.07) is 13.0. The highest BCUT2D eigenvalue weighted by atomic mass is 35.5. The van der Waals surface area contributed by atoms with Gasteiger partial charge in [-0.2, -0.15) is 5.10 Å². The van der Waals surface area contributed by atoms with Crippen LogP contribution in [0.25, 0.3) is 0 Å². The van der Waals surface area contributed by atoms with Crippen LogP contribution in [0.1, 0.15) is 32.7 Å². The van der Waals surface area contributed by atoms with E-state index in [4.69, 9.17) is 16.3 Å². The summed E-state index contributed by atoms with van der Waals surface area (Å²) in [7, 11) is 1.88. The zero-order valence-corrected chi connectivity index (χ0v) is 16.4. The third-order valence-corrected chi connectivity index (χ3v) is 4.95. The third-order valence-electron chi connectivity index (χ3n) is 4.53. The Morgan fingerprint density at radius 3 is 2.56 bits per heavy atom. The Hall–Kier alpha value is -2.79. The minimum absolute atomic E-state index is 0.112. The Morgan fingerprint density at radius 1 is 1.19 bits per heavy atom. The molecule has 3 rings (SSSR count). The first kappa shape index (κ1) is 19.0. The SMILES string of the molecule is Cc1cc(OCc2ccc(C(=O)NCc3cnn(C)c3C)cc2)ccc1Cl. The van der Waals surface area contributed by atoms with Crippen LogP contribution in [0.2, 0.25) is 5.02 Å². The van der Waals surface area contributed by atoms with Gasteiger partial charge in [0.2, 0.25) is 0 Å². The Bertz CT molecular complexity index is 949. The molecule has 0 aliphatic rings. The van der Waals surface area contributed by atoms with Crippen molar-refractivity contribution >= 4 is 17.5 Å². The molecule has 0 spiro atoms. The van der Waals surface area contributed by atoms with E-state index < -0.39 is 0 Å². The third kappa shape index (κ3) is 4.68. The van der Waals surface area contributed by atoms with Crippen molar-refractivity contribution in [2.75, 3.05) is 0 Å². The fraction of sp³-hybridized carbons (Fsp3) is 0.238. The van der Waals surface area contributed by atoms with E-state index in [1.165, 1.54) is 0 Å². The van der Waals surface area contributed by atoms with Gasteiger partial charge in [-0.3, -0.25) is 9.48 Å². The van der Waals surface area contributed by atoms with Crippen molar-refractivity contribution in [2.24, 2.45) is 7.05 Å². The van der Waals surface area contributed by atoms with Crippen LogP contribution in [0.5, 0.6) is 5.75 Å². The fourth-order valence-electron chi connectivity index (χ4n) is 2.62. The van der Waals surface area contributed by atoms with Gasteiger partial charge < -0.3 is 10.1 Å². The maximum absolute atomic E-state index is 12.3. The molecule has 1 heterocycles. The number of hydrogen-bond donors (Lipinski definition) is 1. The molecule has 0 saturated carbocycles. The maximum atomic E-state index is 12.3. The Kier molecular flexibility index (Phi) is 5.81. The molecule has 3 aromatic rings. The summed E-state index contributed by atoms with van der Waals surface area (Å²) in [6.45, 7) is 4.80. The summed E-state index contributed by atoms with van der Waals surface area (Å²) in [4.78, 5) is 12.3. The second-order valence-electron chi connectivity index (χ2n) is 6.46. The zero-order chi connectivity index (χ0) is 19.4. The van der Waals surface area contributed by atoms with E-state index in [0.29, 0.717) is 18.7 Å². The summed E-state index contributed by atoms with van der Waals surface area (Å²) < 4.78 is 7.57. The lowest BCUT2D eigenvalue weighted by molar-refractivity contribution is 0.0951. The fourth-order valence-corrected chi connectivity index (χ4v) is 2.74. The number of nitrogens with zero attached hydrogens (tertiary/aromatic N) is 2. The van der Waals surface area contributed by atoms with Gasteiger partial charge >= 0.3 is 0 Å². The average molecular weight is 384 g/mol. The maximum Gasteiger partial charge on any atom is 0.251 e. The van der Waals surface area contributed by atoms with Gasteiger partial charge in [-0.05, 0) is 55.3 Å². The van der Waals surface area contributed by atoms with Crippen molar-refractivity contribution in [3.8, 4) is 5.75 Å². The molecule has 140 valence electrons. The van der Waals surface area contributed by atoms with Crippen LogP contribution in [0.15, 0.2) is 48.7 Å². The van der Waals surface area contributed by atoms with E-state index >= 15 is 0 Å². The molecule has 2 aromatic carbocycles. The van der Waals surface area contributed by atoms with Gasteiger partial charge in [0.1, 0.15) is 12.4 Å². The topological polar surface area (TPSA) is 56.1 Å². The van der Waals surface area contributed by atoms with Crippen molar-refractivity contribution in [2.45, 2.75) is 27.0 Å². The molecule has 0 aliphatic carbocycles. The standard InChI is InChI=1S/C21H22ClN3O2/c1-14-10-19(8-9-20(14)22)27-13-16-4-6-17(7-5-16)21(26)23-11-18-12-24-25(3)15(18)2/h4-10,12H,11,13H2,1-3H3,(H,23,26). The van der Waals surface area contributed by atoms with Gasteiger partial charge in [0, 0.05) is 35.4 Å².